The molecule has 3 aromatic rings. The Hall–Kier alpha value is -4.10. The maximum atomic E-state index is 13.2. The van der Waals surface area contributed by atoms with Crippen LogP contribution in [0.2, 0.25) is 0 Å². The molecule has 2 amide bonds. The molecule has 0 fully saturated rings. The number of anilines is 1. The van der Waals surface area contributed by atoms with Gasteiger partial charge in [0.1, 0.15) is 5.75 Å². The molecule has 0 radical (unpaired) electrons. The van der Waals surface area contributed by atoms with Crippen LogP contribution in [0.25, 0.3) is 11.6 Å². The van der Waals surface area contributed by atoms with Gasteiger partial charge in [0.05, 0.1) is 21.8 Å². The molecule has 0 saturated heterocycles. The number of hydrogen-bond acceptors (Lipinski definition) is 6. The van der Waals surface area contributed by atoms with E-state index in [2.05, 4.69) is 39.1 Å². The molecule has 0 aliphatic carbocycles. The Morgan fingerprint density at radius 1 is 1.09 bits per heavy atom. The first-order valence-electron chi connectivity index (χ1n) is 13.7. The number of likely N-dealkylation sites (N-methyl/N-ethyl adjacent to an activating group) is 1. The SMILES string of the molecule is CCN(CC)CCNC(=O)c1c(C)[nH]c(/C=C2\C(=O)Nc3ccc(S(=O)(=O)Cc4cccc(OC(F)(F)F)c4)cc32)c1C. The summed E-state index contributed by atoms with van der Waals surface area (Å²) in [7, 11) is -4.02. The number of nitrogens with one attached hydrogen (secondary N) is 3. The summed E-state index contributed by atoms with van der Waals surface area (Å²) in [5.74, 6) is -1.79. The van der Waals surface area contributed by atoms with Gasteiger partial charge in [-0.25, -0.2) is 8.42 Å². The summed E-state index contributed by atoms with van der Waals surface area (Å²) >= 11 is 0. The number of halogens is 3. The summed E-state index contributed by atoms with van der Waals surface area (Å²) in [5.41, 5.74) is 3.31. The van der Waals surface area contributed by atoms with Crippen LogP contribution in [0.3, 0.4) is 0 Å². The van der Waals surface area contributed by atoms with E-state index in [4.69, 9.17) is 0 Å². The Labute approximate surface area is 248 Å². The number of aromatic nitrogens is 1. The predicted molar refractivity (Wildman–Crippen MR) is 157 cm³/mol. The molecule has 13 heteroatoms. The topological polar surface area (TPSA) is 121 Å². The van der Waals surface area contributed by atoms with E-state index >= 15 is 0 Å². The van der Waals surface area contributed by atoms with Crippen LogP contribution in [0.1, 0.15) is 52.3 Å². The van der Waals surface area contributed by atoms with Crippen molar-refractivity contribution in [3.63, 3.8) is 0 Å². The van der Waals surface area contributed by atoms with Gasteiger partial charge < -0.3 is 25.3 Å². The zero-order chi connectivity index (χ0) is 31.5. The summed E-state index contributed by atoms with van der Waals surface area (Å²) in [6.45, 7) is 10.6. The Kier molecular flexibility index (Phi) is 9.35. The van der Waals surface area contributed by atoms with Gasteiger partial charge >= 0.3 is 6.36 Å². The lowest BCUT2D eigenvalue weighted by Crippen LogP contribution is -2.35. The number of nitrogens with zero attached hydrogens (tertiary/aromatic N) is 1. The number of rotatable bonds is 11. The lowest BCUT2D eigenvalue weighted by molar-refractivity contribution is -0.274. The average molecular weight is 619 g/mol. The number of aromatic amines is 1. The van der Waals surface area contributed by atoms with Gasteiger partial charge in [-0.05, 0) is 74.5 Å². The molecular weight excluding hydrogens is 585 g/mol. The molecule has 1 aliphatic heterocycles. The van der Waals surface area contributed by atoms with Gasteiger partial charge in [-0.3, -0.25) is 9.59 Å². The first-order chi connectivity index (χ1) is 20.2. The quantitative estimate of drug-likeness (QED) is 0.258. The molecule has 4 rings (SSSR count). The van der Waals surface area contributed by atoms with Crippen LogP contribution in [0, 0.1) is 13.8 Å². The molecule has 0 spiro atoms. The fourth-order valence-corrected chi connectivity index (χ4v) is 6.36. The summed E-state index contributed by atoms with van der Waals surface area (Å²) in [6, 6.07) is 8.92. The summed E-state index contributed by atoms with van der Waals surface area (Å²) in [6.07, 6.45) is -3.34. The van der Waals surface area contributed by atoms with Gasteiger partial charge in [0.2, 0.25) is 0 Å². The molecule has 3 N–H and O–H groups in total. The van der Waals surface area contributed by atoms with Crippen molar-refractivity contribution in [3.05, 3.63) is 76.1 Å². The second kappa shape index (κ2) is 12.6. The molecular formula is C30H33F3N4O5S. The monoisotopic (exact) mass is 618 g/mol. The Balaban J connectivity index is 1.59. The second-order valence-corrected chi connectivity index (χ2v) is 12.1. The van der Waals surface area contributed by atoms with Gasteiger partial charge in [-0.15, -0.1) is 13.2 Å². The van der Waals surface area contributed by atoms with Crippen LogP contribution >= 0.6 is 0 Å². The molecule has 1 aromatic heterocycles. The van der Waals surface area contributed by atoms with E-state index in [9.17, 15) is 31.2 Å². The summed E-state index contributed by atoms with van der Waals surface area (Å²) in [4.78, 5) is 31.1. The maximum Gasteiger partial charge on any atom is 0.573 e. The zero-order valence-corrected chi connectivity index (χ0v) is 25.0. The number of fused-ring (bicyclic) bond motifs is 1. The molecule has 9 nitrogen and oxygen atoms in total. The van der Waals surface area contributed by atoms with Crippen molar-refractivity contribution in [1.82, 2.24) is 15.2 Å². The lowest BCUT2D eigenvalue weighted by atomic mass is 10.0. The number of aryl methyl sites for hydroxylation is 1. The highest BCUT2D eigenvalue weighted by molar-refractivity contribution is 7.90. The highest BCUT2D eigenvalue weighted by atomic mass is 32.2. The molecule has 0 unspecified atom stereocenters. The number of hydrogen-bond donors (Lipinski definition) is 3. The van der Waals surface area contributed by atoms with Crippen molar-refractivity contribution in [3.8, 4) is 5.75 Å². The average Bonchev–Trinajstić information content (AvgIpc) is 3.39. The van der Waals surface area contributed by atoms with E-state index in [1.807, 2.05) is 0 Å². The van der Waals surface area contributed by atoms with Crippen molar-refractivity contribution in [1.29, 1.82) is 0 Å². The first-order valence-corrected chi connectivity index (χ1v) is 15.3. The van der Waals surface area contributed by atoms with Gasteiger partial charge in [-0.1, -0.05) is 26.0 Å². The summed E-state index contributed by atoms with van der Waals surface area (Å²) in [5, 5.41) is 5.65. The van der Waals surface area contributed by atoms with Crippen molar-refractivity contribution in [2.75, 3.05) is 31.5 Å². The standard InChI is InChI=1S/C30H33F3N4O5S/c1-5-37(6-2)13-12-34-29(39)27-18(3)26(35-19(27)4)16-24-23-15-22(10-11-25(23)36-28(24)38)43(40,41)17-20-8-7-9-21(14-20)42-30(31,32)33/h7-11,14-16,35H,5-6,12-13,17H2,1-4H3,(H,34,39)(H,36,38)/b24-16-. The fraction of sp³-hybridized carbons (Fsp3) is 0.333. The third-order valence-electron chi connectivity index (χ3n) is 7.22. The largest absolute Gasteiger partial charge is 0.573 e. The van der Waals surface area contributed by atoms with Crippen molar-refractivity contribution < 1.29 is 35.9 Å². The molecule has 0 saturated carbocycles. The van der Waals surface area contributed by atoms with Crippen LogP contribution in [0.4, 0.5) is 18.9 Å². The van der Waals surface area contributed by atoms with E-state index in [0.717, 1.165) is 25.2 Å². The molecule has 1 aliphatic rings. The summed E-state index contributed by atoms with van der Waals surface area (Å²) < 4.78 is 68.2. The molecule has 2 heterocycles. The first kappa shape index (κ1) is 31.8. The van der Waals surface area contributed by atoms with E-state index in [1.165, 1.54) is 30.3 Å². The van der Waals surface area contributed by atoms with Gasteiger partial charge in [0.15, 0.2) is 9.84 Å². The van der Waals surface area contributed by atoms with E-state index in [0.29, 0.717) is 46.9 Å². The molecule has 2 aromatic carbocycles. The number of H-pyrrole nitrogens is 1. The molecule has 0 atom stereocenters. The van der Waals surface area contributed by atoms with Crippen LogP contribution in [0.5, 0.6) is 5.75 Å². The van der Waals surface area contributed by atoms with E-state index < -0.39 is 33.6 Å². The lowest BCUT2D eigenvalue weighted by Gasteiger charge is -2.18. The maximum absolute atomic E-state index is 13.2. The van der Waals surface area contributed by atoms with E-state index in [1.54, 1.807) is 19.9 Å². The fourth-order valence-electron chi connectivity index (χ4n) is 5.00. The number of benzene rings is 2. The number of amides is 2. The molecule has 230 valence electrons. The third kappa shape index (κ3) is 7.46. The second-order valence-electron chi connectivity index (χ2n) is 10.1. The number of sulfone groups is 1. The number of alkyl halides is 3. The number of carbonyl (C=O) groups excluding carboxylic acids is 2. The third-order valence-corrected chi connectivity index (χ3v) is 8.91. The number of carbonyl (C=O) groups is 2. The minimum Gasteiger partial charge on any atom is -0.406 e. The van der Waals surface area contributed by atoms with Crippen LogP contribution in [-0.2, 0) is 20.4 Å². The predicted octanol–water partition coefficient (Wildman–Crippen LogP) is 5.07. The minimum atomic E-state index is -4.91. The smallest absolute Gasteiger partial charge is 0.406 e. The van der Waals surface area contributed by atoms with Gasteiger partial charge in [-0.2, -0.15) is 0 Å². The molecule has 0 bridgehead atoms. The Bertz CT molecular complexity index is 1680. The minimum absolute atomic E-state index is 0.104. The Morgan fingerprint density at radius 3 is 2.49 bits per heavy atom. The van der Waals surface area contributed by atoms with Crippen molar-refractivity contribution in [2.24, 2.45) is 0 Å². The van der Waals surface area contributed by atoms with E-state index in [-0.39, 0.29) is 21.9 Å². The molecule has 43 heavy (non-hydrogen) atoms. The number of ether oxygens (including phenoxy) is 1. The van der Waals surface area contributed by atoms with Crippen LogP contribution in [0.15, 0.2) is 47.4 Å². The highest BCUT2D eigenvalue weighted by Gasteiger charge is 2.32. The van der Waals surface area contributed by atoms with Gasteiger partial charge in [0, 0.05) is 35.7 Å². The van der Waals surface area contributed by atoms with Crippen LogP contribution < -0.4 is 15.4 Å². The highest BCUT2D eigenvalue weighted by Crippen LogP contribution is 2.36. The van der Waals surface area contributed by atoms with Crippen LogP contribution in [-0.4, -0.2) is 62.7 Å². The van der Waals surface area contributed by atoms with Crippen molar-refractivity contribution in [2.45, 2.75) is 44.7 Å². The normalized spacial score (nSPS) is 14.2. The Morgan fingerprint density at radius 2 is 1.81 bits per heavy atom. The zero-order valence-electron chi connectivity index (χ0n) is 24.2. The van der Waals surface area contributed by atoms with Gasteiger partial charge in [0.25, 0.3) is 11.8 Å². The van der Waals surface area contributed by atoms with Crippen molar-refractivity contribution >= 4 is 39.0 Å².